The van der Waals surface area contributed by atoms with E-state index in [0.29, 0.717) is 29.1 Å². The van der Waals surface area contributed by atoms with Crippen LogP contribution in [0, 0.1) is 5.92 Å². The minimum absolute atomic E-state index is 0.128. The van der Waals surface area contributed by atoms with Crippen LogP contribution in [-0.2, 0) is 9.53 Å². The SMILES string of the molecule is COC(=O)c1sccc1NC(=O)CN(C)[C@H](C)CC(C)C. The number of rotatable bonds is 7. The van der Waals surface area contributed by atoms with Gasteiger partial charge >= 0.3 is 5.97 Å². The molecular formula is C15H24N2O3S. The predicted octanol–water partition coefficient (Wildman–Crippen LogP) is 2.84. The van der Waals surface area contributed by atoms with E-state index in [0.717, 1.165) is 6.42 Å². The van der Waals surface area contributed by atoms with Crippen molar-refractivity contribution >= 4 is 28.9 Å². The van der Waals surface area contributed by atoms with Gasteiger partial charge in [-0.15, -0.1) is 11.3 Å². The molecule has 0 saturated carbocycles. The predicted molar refractivity (Wildman–Crippen MR) is 85.8 cm³/mol. The second-order valence-electron chi connectivity index (χ2n) is 5.60. The molecule has 5 nitrogen and oxygen atoms in total. The minimum atomic E-state index is -0.429. The number of amides is 1. The Morgan fingerprint density at radius 1 is 1.38 bits per heavy atom. The molecule has 0 aliphatic carbocycles. The minimum Gasteiger partial charge on any atom is -0.465 e. The number of likely N-dealkylation sites (N-methyl/N-ethyl adjacent to an activating group) is 1. The van der Waals surface area contributed by atoms with Crippen molar-refractivity contribution in [1.29, 1.82) is 0 Å². The smallest absolute Gasteiger partial charge is 0.350 e. The van der Waals surface area contributed by atoms with E-state index in [1.807, 2.05) is 11.9 Å². The zero-order chi connectivity index (χ0) is 16.0. The highest BCUT2D eigenvalue weighted by Gasteiger charge is 2.18. The number of esters is 1. The van der Waals surface area contributed by atoms with Crippen molar-refractivity contribution in [2.45, 2.75) is 33.2 Å². The molecule has 0 radical (unpaired) electrons. The summed E-state index contributed by atoms with van der Waals surface area (Å²) in [5.74, 6) is 0.0341. The molecule has 0 unspecified atom stereocenters. The van der Waals surface area contributed by atoms with E-state index in [9.17, 15) is 9.59 Å². The van der Waals surface area contributed by atoms with E-state index in [2.05, 4.69) is 30.8 Å². The van der Waals surface area contributed by atoms with Crippen LogP contribution in [0.5, 0.6) is 0 Å². The van der Waals surface area contributed by atoms with Gasteiger partial charge in [-0.25, -0.2) is 4.79 Å². The lowest BCUT2D eigenvalue weighted by Crippen LogP contribution is -2.37. The number of hydrogen-bond donors (Lipinski definition) is 1. The molecule has 0 spiro atoms. The largest absolute Gasteiger partial charge is 0.465 e. The van der Waals surface area contributed by atoms with Crippen molar-refractivity contribution in [3.63, 3.8) is 0 Å². The molecule has 21 heavy (non-hydrogen) atoms. The quantitative estimate of drug-likeness (QED) is 0.787. The Hall–Kier alpha value is -1.40. The van der Waals surface area contributed by atoms with Gasteiger partial charge in [-0.2, -0.15) is 0 Å². The molecule has 0 aliphatic heterocycles. The highest BCUT2D eigenvalue weighted by molar-refractivity contribution is 7.12. The van der Waals surface area contributed by atoms with E-state index in [-0.39, 0.29) is 5.91 Å². The summed E-state index contributed by atoms with van der Waals surface area (Å²) >= 11 is 1.25. The van der Waals surface area contributed by atoms with Gasteiger partial charge < -0.3 is 10.1 Å². The molecule has 1 rings (SSSR count). The standard InChI is InChI=1S/C15H24N2O3S/c1-10(2)8-11(3)17(4)9-13(18)16-12-6-7-21-14(12)15(19)20-5/h6-7,10-11H,8-9H2,1-5H3,(H,16,18)/t11-/m1/s1. The number of thiophene rings is 1. The number of hydrogen-bond acceptors (Lipinski definition) is 5. The maximum absolute atomic E-state index is 12.1. The van der Waals surface area contributed by atoms with Crippen LogP contribution < -0.4 is 5.32 Å². The molecule has 0 aromatic carbocycles. The fourth-order valence-electron chi connectivity index (χ4n) is 2.09. The van der Waals surface area contributed by atoms with Crippen molar-refractivity contribution in [3.05, 3.63) is 16.3 Å². The Bertz CT molecular complexity index is 485. The number of ether oxygens (including phenoxy) is 1. The van der Waals surface area contributed by atoms with Gasteiger partial charge in [0.15, 0.2) is 0 Å². The summed E-state index contributed by atoms with van der Waals surface area (Å²) in [6.45, 7) is 6.74. The highest BCUT2D eigenvalue weighted by Crippen LogP contribution is 2.23. The van der Waals surface area contributed by atoms with Crippen LogP contribution in [0.2, 0.25) is 0 Å². The molecule has 0 bridgehead atoms. The molecular weight excluding hydrogens is 288 g/mol. The number of carbonyl (C=O) groups excluding carboxylic acids is 2. The van der Waals surface area contributed by atoms with Crippen molar-refractivity contribution < 1.29 is 14.3 Å². The van der Waals surface area contributed by atoms with E-state index in [4.69, 9.17) is 0 Å². The summed E-state index contributed by atoms with van der Waals surface area (Å²) in [4.78, 5) is 26.1. The Balaban J connectivity index is 2.58. The van der Waals surface area contributed by atoms with Gasteiger partial charge in [0.1, 0.15) is 4.88 Å². The lowest BCUT2D eigenvalue weighted by Gasteiger charge is -2.25. The first-order chi connectivity index (χ1) is 9.85. The molecule has 1 amide bonds. The summed E-state index contributed by atoms with van der Waals surface area (Å²) in [5, 5.41) is 4.53. The van der Waals surface area contributed by atoms with E-state index in [1.165, 1.54) is 18.4 Å². The Morgan fingerprint density at radius 2 is 2.05 bits per heavy atom. The topological polar surface area (TPSA) is 58.6 Å². The molecule has 1 aromatic rings. The molecule has 1 aromatic heterocycles. The van der Waals surface area contributed by atoms with Crippen LogP contribution in [0.3, 0.4) is 0 Å². The summed E-state index contributed by atoms with van der Waals surface area (Å²) < 4.78 is 4.69. The fraction of sp³-hybridized carbons (Fsp3) is 0.600. The van der Waals surface area contributed by atoms with Crippen LogP contribution >= 0.6 is 11.3 Å². The monoisotopic (exact) mass is 312 g/mol. The fourth-order valence-corrected chi connectivity index (χ4v) is 2.86. The normalized spacial score (nSPS) is 12.5. The van der Waals surface area contributed by atoms with Crippen LogP contribution in [0.25, 0.3) is 0 Å². The highest BCUT2D eigenvalue weighted by atomic mass is 32.1. The first-order valence-corrected chi connectivity index (χ1v) is 7.89. The number of carbonyl (C=O) groups is 2. The number of anilines is 1. The summed E-state index contributed by atoms with van der Waals surface area (Å²) in [7, 11) is 3.26. The Morgan fingerprint density at radius 3 is 2.62 bits per heavy atom. The third-order valence-electron chi connectivity index (χ3n) is 3.27. The van der Waals surface area contributed by atoms with Crippen molar-refractivity contribution in [3.8, 4) is 0 Å². The zero-order valence-corrected chi connectivity index (χ0v) is 14.1. The van der Waals surface area contributed by atoms with Gasteiger partial charge in [-0.05, 0) is 37.8 Å². The second-order valence-corrected chi connectivity index (χ2v) is 6.51. The van der Waals surface area contributed by atoms with Gasteiger partial charge in [0.05, 0.1) is 19.3 Å². The average Bonchev–Trinajstić information content (AvgIpc) is 2.84. The van der Waals surface area contributed by atoms with Crippen molar-refractivity contribution in [1.82, 2.24) is 4.90 Å². The van der Waals surface area contributed by atoms with Gasteiger partial charge in [-0.3, -0.25) is 9.69 Å². The van der Waals surface area contributed by atoms with Crippen LogP contribution in [0.4, 0.5) is 5.69 Å². The van der Waals surface area contributed by atoms with Crippen LogP contribution in [-0.4, -0.2) is 43.5 Å². The van der Waals surface area contributed by atoms with E-state index >= 15 is 0 Å². The third-order valence-corrected chi connectivity index (χ3v) is 4.16. The molecule has 6 heteroatoms. The molecule has 0 aliphatic rings. The summed E-state index contributed by atoms with van der Waals surface area (Å²) in [6.07, 6.45) is 1.04. The lowest BCUT2D eigenvalue weighted by atomic mass is 10.0. The van der Waals surface area contributed by atoms with Gasteiger partial charge in [0.25, 0.3) is 0 Å². The molecule has 0 saturated heterocycles. The van der Waals surface area contributed by atoms with Crippen molar-refractivity contribution in [2.75, 3.05) is 26.0 Å². The molecule has 1 N–H and O–H groups in total. The van der Waals surface area contributed by atoms with Gasteiger partial charge in [-0.1, -0.05) is 13.8 Å². The number of nitrogens with zero attached hydrogens (tertiary/aromatic N) is 1. The van der Waals surface area contributed by atoms with E-state index < -0.39 is 5.97 Å². The number of methoxy groups -OCH3 is 1. The maximum Gasteiger partial charge on any atom is 0.350 e. The first kappa shape index (κ1) is 17.7. The first-order valence-electron chi connectivity index (χ1n) is 7.01. The third kappa shape index (κ3) is 5.47. The number of nitrogens with one attached hydrogen (secondary N) is 1. The summed E-state index contributed by atoms with van der Waals surface area (Å²) in [6, 6.07) is 2.05. The molecule has 1 atom stereocenters. The van der Waals surface area contributed by atoms with Crippen LogP contribution in [0.1, 0.15) is 36.9 Å². The second kappa shape index (κ2) is 8.14. The van der Waals surface area contributed by atoms with Crippen LogP contribution in [0.15, 0.2) is 11.4 Å². The Kier molecular flexibility index (Phi) is 6.84. The zero-order valence-electron chi connectivity index (χ0n) is 13.3. The van der Waals surface area contributed by atoms with Gasteiger partial charge in [0, 0.05) is 6.04 Å². The summed E-state index contributed by atoms with van der Waals surface area (Å²) in [5.41, 5.74) is 0.516. The molecule has 118 valence electrons. The average molecular weight is 312 g/mol. The van der Waals surface area contributed by atoms with E-state index in [1.54, 1.807) is 11.4 Å². The Labute approximate surface area is 130 Å². The molecule has 0 fully saturated rings. The maximum atomic E-state index is 12.1. The lowest BCUT2D eigenvalue weighted by molar-refractivity contribution is -0.117. The molecule has 1 heterocycles. The van der Waals surface area contributed by atoms with Crippen molar-refractivity contribution in [2.24, 2.45) is 5.92 Å². The van der Waals surface area contributed by atoms with Gasteiger partial charge in [0.2, 0.25) is 5.91 Å².